The zero-order valence-electron chi connectivity index (χ0n) is 12.8. The summed E-state index contributed by atoms with van der Waals surface area (Å²) in [4.78, 5) is 28.8. The number of rotatable bonds is 4. The number of Topliss-reactive ketones (excluding diaryl/α,β-unsaturated/α-hetero) is 1. The average Bonchev–Trinajstić information content (AvgIpc) is 2.42. The van der Waals surface area contributed by atoms with Crippen LogP contribution in [0.15, 0.2) is 6.20 Å². The zero-order chi connectivity index (χ0) is 15.6. The van der Waals surface area contributed by atoms with Crippen molar-refractivity contribution in [2.24, 2.45) is 5.92 Å². The Labute approximate surface area is 124 Å². The number of aromatic nitrogens is 1. The number of piperidine rings is 1. The molecule has 2 heterocycles. The van der Waals surface area contributed by atoms with Crippen molar-refractivity contribution in [3.05, 3.63) is 33.1 Å². The maximum Gasteiger partial charge on any atom is 0.278 e. The molecule has 0 spiro atoms. The molecule has 21 heavy (non-hydrogen) atoms. The van der Waals surface area contributed by atoms with Gasteiger partial charge in [0.25, 0.3) is 5.69 Å². The maximum absolute atomic E-state index is 11.5. The van der Waals surface area contributed by atoms with E-state index in [9.17, 15) is 14.9 Å². The van der Waals surface area contributed by atoms with E-state index in [2.05, 4.69) is 9.88 Å². The fourth-order valence-corrected chi connectivity index (χ4v) is 2.95. The second-order valence-electron chi connectivity index (χ2n) is 5.80. The molecule has 0 N–H and O–H groups in total. The monoisotopic (exact) mass is 291 g/mol. The highest BCUT2D eigenvalue weighted by atomic mass is 16.6. The predicted molar refractivity (Wildman–Crippen MR) is 79.0 cm³/mol. The summed E-state index contributed by atoms with van der Waals surface area (Å²) in [5.41, 5.74) is 2.10. The van der Waals surface area contributed by atoms with Crippen molar-refractivity contribution in [2.75, 3.05) is 13.1 Å². The van der Waals surface area contributed by atoms with Crippen LogP contribution in [0.4, 0.5) is 5.69 Å². The van der Waals surface area contributed by atoms with Gasteiger partial charge in [-0.1, -0.05) is 0 Å². The quantitative estimate of drug-likeness (QED) is 0.629. The van der Waals surface area contributed by atoms with E-state index in [0.29, 0.717) is 17.7 Å². The van der Waals surface area contributed by atoms with E-state index in [1.165, 1.54) is 0 Å². The Morgan fingerprint density at radius 2 is 2.24 bits per heavy atom. The molecule has 114 valence electrons. The Kier molecular flexibility index (Phi) is 4.67. The van der Waals surface area contributed by atoms with Crippen molar-refractivity contribution in [3.63, 3.8) is 0 Å². The van der Waals surface area contributed by atoms with Crippen LogP contribution in [-0.4, -0.2) is 33.7 Å². The molecule has 1 fully saturated rings. The number of nitrogens with zero attached hydrogens (tertiary/aromatic N) is 3. The number of ketones is 1. The highest BCUT2D eigenvalue weighted by molar-refractivity contribution is 5.78. The number of hydrogen-bond donors (Lipinski definition) is 0. The summed E-state index contributed by atoms with van der Waals surface area (Å²) in [6.07, 6.45) is 3.48. The number of carbonyl (C=O) groups is 1. The summed E-state index contributed by atoms with van der Waals surface area (Å²) in [5, 5.41) is 11.1. The van der Waals surface area contributed by atoms with Gasteiger partial charge in [-0.05, 0) is 40.2 Å². The maximum atomic E-state index is 11.5. The van der Waals surface area contributed by atoms with Gasteiger partial charge in [0.15, 0.2) is 0 Å². The molecule has 1 saturated heterocycles. The van der Waals surface area contributed by atoms with Gasteiger partial charge in [0, 0.05) is 36.3 Å². The first-order valence-electron chi connectivity index (χ1n) is 7.22. The molecule has 1 atom stereocenters. The van der Waals surface area contributed by atoms with E-state index in [1.807, 2.05) is 0 Å². The molecule has 0 bridgehead atoms. The Bertz CT molecular complexity index is 572. The van der Waals surface area contributed by atoms with Crippen molar-refractivity contribution >= 4 is 11.5 Å². The van der Waals surface area contributed by atoms with Gasteiger partial charge in [-0.2, -0.15) is 0 Å². The molecule has 1 aliphatic heterocycles. The largest absolute Gasteiger partial charge is 0.300 e. The first-order valence-corrected chi connectivity index (χ1v) is 7.22. The van der Waals surface area contributed by atoms with Gasteiger partial charge in [-0.3, -0.25) is 24.8 Å². The molecule has 2 rings (SSSR count). The average molecular weight is 291 g/mol. The van der Waals surface area contributed by atoms with Crippen LogP contribution >= 0.6 is 0 Å². The van der Waals surface area contributed by atoms with Gasteiger partial charge < -0.3 is 0 Å². The normalized spacial score (nSPS) is 19.5. The summed E-state index contributed by atoms with van der Waals surface area (Å²) in [6.45, 7) is 7.28. The van der Waals surface area contributed by atoms with Gasteiger partial charge in [-0.15, -0.1) is 0 Å². The number of aryl methyl sites for hydroxylation is 1. The van der Waals surface area contributed by atoms with Gasteiger partial charge in [0.1, 0.15) is 5.78 Å². The molecule has 1 aromatic rings. The molecule has 1 unspecified atom stereocenters. The third-order valence-electron chi connectivity index (χ3n) is 4.21. The lowest BCUT2D eigenvalue weighted by atomic mass is 9.94. The van der Waals surface area contributed by atoms with Crippen molar-refractivity contribution < 1.29 is 9.72 Å². The summed E-state index contributed by atoms with van der Waals surface area (Å²) < 4.78 is 0. The van der Waals surface area contributed by atoms with Gasteiger partial charge >= 0.3 is 0 Å². The minimum absolute atomic E-state index is 0.0829. The van der Waals surface area contributed by atoms with Crippen molar-refractivity contribution in [2.45, 2.75) is 40.2 Å². The minimum atomic E-state index is -0.343. The number of nitro groups is 1. The highest BCUT2D eigenvalue weighted by Crippen LogP contribution is 2.26. The van der Waals surface area contributed by atoms with E-state index >= 15 is 0 Å². The Balaban J connectivity index is 2.18. The highest BCUT2D eigenvalue weighted by Gasteiger charge is 2.25. The second kappa shape index (κ2) is 6.30. The first-order chi connectivity index (χ1) is 9.90. The fourth-order valence-electron chi connectivity index (χ4n) is 2.95. The molecule has 0 aromatic carbocycles. The van der Waals surface area contributed by atoms with Crippen LogP contribution in [0.25, 0.3) is 0 Å². The van der Waals surface area contributed by atoms with Crippen LogP contribution in [0.2, 0.25) is 0 Å². The molecule has 0 radical (unpaired) electrons. The lowest BCUT2D eigenvalue weighted by Crippen LogP contribution is -2.37. The lowest BCUT2D eigenvalue weighted by molar-refractivity contribution is -0.386. The van der Waals surface area contributed by atoms with E-state index in [0.717, 1.165) is 31.6 Å². The topological polar surface area (TPSA) is 76.3 Å². The van der Waals surface area contributed by atoms with E-state index in [4.69, 9.17) is 0 Å². The SMILES string of the molecule is CC(=O)C1CCCN(Cc2ncc(C)c([N+](=O)[O-])c2C)C1. The molecule has 0 aliphatic carbocycles. The van der Waals surface area contributed by atoms with Crippen LogP contribution in [0.1, 0.15) is 36.6 Å². The summed E-state index contributed by atoms with van der Waals surface area (Å²) >= 11 is 0. The fraction of sp³-hybridized carbons (Fsp3) is 0.600. The predicted octanol–water partition coefficient (Wildman–Crippen LogP) is 2.41. The van der Waals surface area contributed by atoms with Crippen LogP contribution in [0.3, 0.4) is 0 Å². The smallest absolute Gasteiger partial charge is 0.278 e. The number of likely N-dealkylation sites (tertiary alicyclic amines) is 1. The van der Waals surface area contributed by atoms with Crippen LogP contribution in [0, 0.1) is 29.9 Å². The van der Waals surface area contributed by atoms with Gasteiger partial charge in [-0.25, -0.2) is 0 Å². The standard InChI is InChI=1S/C15H21N3O3/c1-10-7-16-14(11(2)15(10)18(20)21)9-17-6-4-5-13(8-17)12(3)19/h7,13H,4-6,8-9H2,1-3H3. The Hall–Kier alpha value is -1.82. The minimum Gasteiger partial charge on any atom is -0.300 e. The lowest BCUT2D eigenvalue weighted by Gasteiger charge is -2.31. The molecule has 6 nitrogen and oxygen atoms in total. The molecular formula is C15H21N3O3. The second-order valence-corrected chi connectivity index (χ2v) is 5.80. The molecule has 0 amide bonds. The third-order valence-corrected chi connectivity index (χ3v) is 4.21. The molecular weight excluding hydrogens is 270 g/mol. The van der Waals surface area contributed by atoms with Crippen molar-refractivity contribution in [1.29, 1.82) is 0 Å². The number of hydrogen-bond acceptors (Lipinski definition) is 5. The number of carbonyl (C=O) groups excluding carboxylic acids is 1. The summed E-state index contributed by atoms with van der Waals surface area (Å²) in [5.74, 6) is 0.304. The zero-order valence-corrected chi connectivity index (χ0v) is 12.8. The van der Waals surface area contributed by atoms with Gasteiger partial charge in [0.2, 0.25) is 0 Å². The summed E-state index contributed by atoms with van der Waals surface area (Å²) in [6, 6.07) is 0. The Morgan fingerprint density at radius 3 is 2.86 bits per heavy atom. The molecule has 0 saturated carbocycles. The Morgan fingerprint density at radius 1 is 1.52 bits per heavy atom. The molecule has 6 heteroatoms. The van der Waals surface area contributed by atoms with Crippen molar-refractivity contribution in [1.82, 2.24) is 9.88 Å². The molecule has 1 aliphatic rings. The van der Waals surface area contributed by atoms with Crippen LogP contribution < -0.4 is 0 Å². The van der Waals surface area contributed by atoms with E-state index in [-0.39, 0.29) is 22.3 Å². The van der Waals surface area contributed by atoms with Gasteiger partial charge in [0.05, 0.1) is 10.6 Å². The van der Waals surface area contributed by atoms with E-state index in [1.54, 1.807) is 27.0 Å². The first kappa shape index (κ1) is 15.6. The van der Waals surface area contributed by atoms with Crippen LogP contribution in [0.5, 0.6) is 0 Å². The molecule has 1 aromatic heterocycles. The summed E-state index contributed by atoms with van der Waals surface area (Å²) in [7, 11) is 0. The van der Waals surface area contributed by atoms with Crippen LogP contribution in [-0.2, 0) is 11.3 Å². The van der Waals surface area contributed by atoms with Crippen molar-refractivity contribution in [3.8, 4) is 0 Å². The number of pyridine rings is 1. The van der Waals surface area contributed by atoms with E-state index < -0.39 is 0 Å². The third kappa shape index (κ3) is 3.44.